The van der Waals surface area contributed by atoms with Crippen molar-refractivity contribution in [2.75, 3.05) is 34.3 Å². The van der Waals surface area contributed by atoms with Gasteiger partial charge in [-0.15, -0.1) is 0 Å². The molecule has 6 heteroatoms. The second-order valence-corrected chi connectivity index (χ2v) is 7.07. The molecule has 0 radical (unpaired) electrons. The zero-order valence-corrected chi connectivity index (χ0v) is 18.1. The van der Waals surface area contributed by atoms with Gasteiger partial charge in [0.05, 0.1) is 13.7 Å². The Labute approximate surface area is 174 Å². The maximum Gasteiger partial charge on any atom is 0.253 e. The molecule has 1 amide bonds. The standard InChI is InChI=1S/C23H32N4O2/c1-6-24-23(25-14-13-18-8-7-17(2)21(15-18)29-5)26-16-19-9-11-20(12-10-19)22(28)27(3)4/h7-12,15H,6,13-14,16H2,1-5H3,(H2,24,25,26). The Balaban J connectivity index is 1.93. The van der Waals surface area contributed by atoms with E-state index in [0.29, 0.717) is 12.1 Å². The highest BCUT2D eigenvalue weighted by molar-refractivity contribution is 5.93. The largest absolute Gasteiger partial charge is 0.496 e. The number of nitrogens with zero attached hydrogens (tertiary/aromatic N) is 2. The van der Waals surface area contributed by atoms with Gasteiger partial charge in [-0.3, -0.25) is 4.79 Å². The average molecular weight is 397 g/mol. The summed E-state index contributed by atoms with van der Waals surface area (Å²) < 4.78 is 5.40. The van der Waals surface area contributed by atoms with Gasteiger partial charge in [0.2, 0.25) is 0 Å². The molecule has 29 heavy (non-hydrogen) atoms. The zero-order chi connectivity index (χ0) is 21.2. The van der Waals surface area contributed by atoms with Gasteiger partial charge in [0.1, 0.15) is 5.75 Å². The van der Waals surface area contributed by atoms with Crippen LogP contribution < -0.4 is 15.4 Å². The molecular formula is C23H32N4O2. The third-order valence-electron chi connectivity index (χ3n) is 4.55. The topological polar surface area (TPSA) is 66.0 Å². The minimum atomic E-state index is 0.00259. The highest BCUT2D eigenvalue weighted by Gasteiger charge is 2.07. The average Bonchev–Trinajstić information content (AvgIpc) is 2.73. The number of rotatable bonds is 8. The molecule has 0 bridgehead atoms. The fraction of sp³-hybridized carbons (Fsp3) is 0.391. The van der Waals surface area contributed by atoms with Gasteiger partial charge in [-0.05, 0) is 55.2 Å². The summed E-state index contributed by atoms with van der Waals surface area (Å²) in [7, 11) is 5.20. The van der Waals surface area contributed by atoms with E-state index in [1.807, 2.05) is 38.1 Å². The first-order valence-electron chi connectivity index (χ1n) is 9.91. The first-order valence-corrected chi connectivity index (χ1v) is 9.91. The summed E-state index contributed by atoms with van der Waals surface area (Å²) in [6, 6.07) is 13.9. The lowest BCUT2D eigenvalue weighted by molar-refractivity contribution is 0.0827. The van der Waals surface area contributed by atoms with Gasteiger partial charge in [-0.2, -0.15) is 0 Å². The van der Waals surface area contributed by atoms with Crippen molar-refractivity contribution in [3.8, 4) is 5.75 Å². The van der Waals surface area contributed by atoms with Crippen LogP contribution in [0, 0.1) is 6.92 Å². The van der Waals surface area contributed by atoms with E-state index in [2.05, 4.69) is 33.8 Å². The second-order valence-electron chi connectivity index (χ2n) is 7.07. The van der Waals surface area contributed by atoms with Crippen LogP contribution in [-0.2, 0) is 13.0 Å². The second kappa shape index (κ2) is 11.1. The van der Waals surface area contributed by atoms with Crippen molar-refractivity contribution < 1.29 is 9.53 Å². The Morgan fingerprint density at radius 3 is 2.38 bits per heavy atom. The summed E-state index contributed by atoms with van der Waals surface area (Å²) in [6.07, 6.45) is 0.877. The molecule has 0 aliphatic rings. The minimum absolute atomic E-state index is 0.00259. The Kier molecular flexibility index (Phi) is 8.52. The molecule has 0 aromatic heterocycles. The molecule has 0 aliphatic carbocycles. The van der Waals surface area contributed by atoms with E-state index in [9.17, 15) is 4.79 Å². The number of benzene rings is 2. The van der Waals surface area contributed by atoms with E-state index in [-0.39, 0.29) is 5.91 Å². The van der Waals surface area contributed by atoms with Crippen molar-refractivity contribution in [1.29, 1.82) is 0 Å². The molecule has 0 unspecified atom stereocenters. The van der Waals surface area contributed by atoms with Crippen LogP contribution >= 0.6 is 0 Å². The van der Waals surface area contributed by atoms with Crippen molar-refractivity contribution >= 4 is 11.9 Å². The lowest BCUT2D eigenvalue weighted by Crippen LogP contribution is -2.38. The number of aliphatic imine (C=N–C) groups is 1. The zero-order valence-electron chi connectivity index (χ0n) is 18.1. The van der Waals surface area contributed by atoms with Crippen LogP contribution in [0.25, 0.3) is 0 Å². The van der Waals surface area contributed by atoms with Crippen LogP contribution in [0.1, 0.15) is 34.0 Å². The number of methoxy groups -OCH3 is 1. The van der Waals surface area contributed by atoms with E-state index in [0.717, 1.165) is 42.3 Å². The maximum atomic E-state index is 12.0. The molecular weight excluding hydrogens is 364 g/mol. The Morgan fingerprint density at radius 1 is 1.07 bits per heavy atom. The summed E-state index contributed by atoms with van der Waals surface area (Å²) in [4.78, 5) is 18.2. The van der Waals surface area contributed by atoms with Gasteiger partial charge < -0.3 is 20.3 Å². The molecule has 0 spiro atoms. The predicted octanol–water partition coefficient (Wildman–Crippen LogP) is 3.00. The number of hydrogen-bond donors (Lipinski definition) is 2. The first kappa shape index (κ1) is 22.3. The predicted molar refractivity (Wildman–Crippen MR) is 119 cm³/mol. The summed E-state index contributed by atoms with van der Waals surface area (Å²) >= 11 is 0. The van der Waals surface area contributed by atoms with E-state index >= 15 is 0 Å². The Bertz CT molecular complexity index is 829. The van der Waals surface area contributed by atoms with E-state index in [1.165, 1.54) is 5.56 Å². The first-order chi connectivity index (χ1) is 13.9. The number of carbonyl (C=O) groups is 1. The van der Waals surface area contributed by atoms with E-state index in [4.69, 9.17) is 4.74 Å². The van der Waals surface area contributed by atoms with E-state index < -0.39 is 0 Å². The molecule has 0 saturated carbocycles. The molecule has 156 valence electrons. The molecule has 6 nitrogen and oxygen atoms in total. The molecule has 2 rings (SSSR count). The molecule has 0 fully saturated rings. The van der Waals surface area contributed by atoms with Crippen LogP contribution in [-0.4, -0.2) is 51.1 Å². The highest BCUT2D eigenvalue weighted by Crippen LogP contribution is 2.19. The van der Waals surface area contributed by atoms with Crippen LogP contribution in [0.4, 0.5) is 0 Å². The number of amides is 1. The van der Waals surface area contributed by atoms with Gasteiger partial charge in [-0.1, -0.05) is 24.3 Å². The Morgan fingerprint density at radius 2 is 1.76 bits per heavy atom. The van der Waals surface area contributed by atoms with Gasteiger partial charge >= 0.3 is 0 Å². The van der Waals surface area contributed by atoms with Gasteiger partial charge in [0.25, 0.3) is 5.91 Å². The molecule has 2 aromatic rings. The number of nitrogens with one attached hydrogen (secondary N) is 2. The maximum absolute atomic E-state index is 12.0. The SMILES string of the molecule is CCNC(=NCc1ccc(C(=O)N(C)C)cc1)NCCc1ccc(C)c(OC)c1. The summed E-state index contributed by atoms with van der Waals surface area (Å²) in [5, 5.41) is 6.64. The van der Waals surface area contributed by atoms with Crippen molar-refractivity contribution in [3.63, 3.8) is 0 Å². The summed E-state index contributed by atoms with van der Waals surface area (Å²) in [5.74, 6) is 1.70. The molecule has 0 heterocycles. The minimum Gasteiger partial charge on any atom is -0.496 e. The quantitative estimate of drug-likeness (QED) is 0.532. The van der Waals surface area contributed by atoms with Crippen LogP contribution in [0.15, 0.2) is 47.5 Å². The number of guanidine groups is 1. The van der Waals surface area contributed by atoms with Crippen molar-refractivity contribution in [1.82, 2.24) is 15.5 Å². The number of hydrogen-bond acceptors (Lipinski definition) is 3. The number of ether oxygens (including phenoxy) is 1. The molecule has 0 saturated heterocycles. The molecule has 0 atom stereocenters. The monoisotopic (exact) mass is 396 g/mol. The molecule has 2 aromatic carbocycles. The lowest BCUT2D eigenvalue weighted by atomic mass is 10.1. The van der Waals surface area contributed by atoms with Gasteiger partial charge in [-0.25, -0.2) is 4.99 Å². The number of aryl methyl sites for hydroxylation is 1. The molecule has 2 N–H and O–H groups in total. The third-order valence-corrected chi connectivity index (χ3v) is 4.55. The van der Waals surface area contributed by atoms with Crippen molar-refractivity contribution in [2.24, 2.45) is 4.99 Å². The van der Waals surface area contributed by atoms with Crippen LogP contribution in [0.3, 0.4) is 0 Å². The van der Waals surface area contributed by atoms with Crippen molar-refractivity contribution in [2.45, 2.75) is 26.8 Å². The van der Waals surface area contributed by atoms with Crippen LogP contribution in [0.5, 0.6) is 5.75 Å². The fourth-order valence-electron chi connectivity index (χ4n) is 2.87. The lowest BCUT2D eigenvalue weighted by Gasteiger charge is -2.13. The number of carbonyl (C=O) groups excluding carboxylic acids is 1. The van der Waals surface area contributed by atoms with Gasteiger partial charge in [0.15, 0.2) is 5.96 Å². The highest BCUT2D eigenvalue weighted by atomic mass is 16.5. The van der Waals surface area contributed by atoms with Gasteiger partial charge in [0, 0.05) is 32.7 Å². The Hall–Kier alpha value is -3.02. The fourth-order valence-corrected chi connectivity index (χ4v) is 2.87. The van der Waals surface area contributed by atoms with E-state index in [1.54, 1.807) is 26.1 Å². The summed E-state index contributed by atoms with van der Waals surface area (Å²) in [6.45, 7) is 6.20. The smallest absolute Gasteiger partial charge is 0.253 e. The summed E-state index contributed by atoms with van der Waals surface area (Å²) in [5.41, 5.74) is 4.09. The van der Waals surface area contributed by atoms with Crippen molar-refractivity contribution in [3.05, 3.63) is 64.7 Å². The molecule has 0 aliphatic heterocycles. The normalized spacial score (nSPS) is 11.1. The third kappa shape index (κ3) is 6.82. The van der Waals surface area contributed by atoms with Crippen LogP contribution in [0.2, 0.25) is 0 Å².